The van der Waals surface area contributed by atoms with Crippen molar-refractivity contribution in [2.24, 2.45) is 0 Å². The Balaban J connectivity index is 2.09. The van der Waals surface area contributed by atoms with E-state index in [0.29, 0.717) is 12.3 Å². The monoisotopic (exact) mass is 324 g/mol. The van der Waals surface area contributed by atoms with Crippen LogP contribution in [0.4, 0.5) is 0 Å². The molecule has 2 rings (SSSR count). The summed E-state index contributed by atoms with van der Waals surface area (Å²) in [5.41, 5.74) is 1.75. The molecule has 0 bridgehead atoms. The second-order valence-corrected chi connectivity index (χ2v) is 5.40. The van der Waals surface area contributed by atoms with Crippen molar-refractivity contribution in [1.29, 1.82) is 0 Å². The maximum Gasteiger partial charge on any atom is 0.150 e. The number of nitrogens with one attached hydrogen (secondary N) is 1. The van der Waals surface area contributed by atoms with Gasteiger partial charge in [-0.15, -0.1) is 0 Å². The molecular formula is C14H17BrN2O2. The smallest absolute Gasteiger partial charge is 0.150 e. The van der Waals surface area contributed by atoms with E-state index < -0.39 is 0 Å². The highest BCUT2D eigenvalue weighted by Gasteiger charge is 2.14. The molecule has 0 radical (unpaired) electrons. The lowest BCUT2D eigenvalue weighted by atomic mass is 10.0. The first-order valence-corrected chi connectivity index (χ1v) is 7.03. The number of rotatable bonds is 5. The lowest BCUT2D eigenvalue weighted by Gasteiger charge is -2.18. The third-order valence-electron chi connectivity index (χ3n) is 2.97. The van der Waals surface area contributed by atoms with Gasteiger partial charge in [-0.1, -0.05) is 28.0 Å². The molecule has 102 valence electrons. The van der Waals surface area contributed by atoms with E-state index in [1.54, 1.807) is 6.07 Å². The van der Waals surface area contributed by atoms with Gasteiger partial charge in [0.1, 0.15) is 5.75 Å². The van der Waals surface area contributed by atoms with Gasteiger partial charge in [0.15, 0.2) is 5.76 Å². The van der Waals surface area contributed by atoms with Crippen LogP contribution < -0.4 is 5.32 Å². The van der Waals surface area contributed by atoms with Crippen molar-refractivity contribution in [3.05, 3.63) is 45.8 Å². The summed E-state index contributed by atoms with van der Waals surface area (Å²) in [5.74, 6) is 1.10. The number of phenolic OH excluding ortho intramolecular Hbond substituents is 1. The summed E-state index contributed by atoms with van der Waals surface area (Å²) in [6.07, 6.45) is 0.872. The van der Waals surface area contributed by atoms with Crippen molar-refractivity contribution in [3.63, 3.8) is 0 Å². The van der Waals surface area contributed by atoms with Crippen LogP contribution in [0.5, 0.6) is 5.75 Å². The second kappa shape index (κ2) is 6.21. The van der Waals surface area contributed by atoms with Gasteiger partial charge in [-0.05, 0) is 31.5 Å². The first-order chi connectivity index (χ1) is 9.10. The Bertz CT molecular complexity index is 554. The van der Waals surface area contributed by atoms with E-state index >= 15 is 0 Å². The van der Waals surface area contributed by atoms with Crippen LogP contribution in [0.25, 0.3) is 0 Å². The summed E-state index contributed by atoms with van der Waals surface area (Å²) in [6, 6.07) is 7.43. The van der Waals surface area contributed by atoms with Gasteiger partial charge in [0, 0.05) is 22.1 Å². The zero-order valence-electron chi connectivity index (χ0n) is 11.0. The van der Waals surface area contributed by atoms with Crippen LogP contribution in [-0.4, -0.2) is 10.3 Å². The Kier molecular flexibility index (Phi) is 4.61. The van der Waals surface area contributed by atoms with Crippen LogP contribution in [0.15, 0.2) is 33.3 Å². The van der Waals surface area contributed by atoms with Crippen LogP contribution in [0.2, 0.25) is 0 Å². The number of nitrogens with zero attached hydrogens (tertiary/aromatic N) is 1. The van der Waals surface area contributed by atoms with Crippen LogP contribution in [0, 0.1) is 6.92 Å². The van der Waals surface area contributed by atoms with E-state index in [2.05, 4.69) is 33.3 Å². The molecule has 19 heavy (non-hydrogen) atoms. The lowest BCUT2D eigenvalue weighted by Crippen LogP contribution is -2.20. The predicted octanol–water partition coefficient (Wildman–Crippen LogP) is 3.69. The van der Waals surface area contributed by atoms with Crippen LogP contribution in [0.3, 0.4) is 0 Å². The minimum Gasteiger partial charge on any atom is -0.508 e. The fraction of sp³-hybridized carbons (Fsp3) is 0.357. The molecule has 5 heteroatoms. The zero-order chi connectivity index (χ0) is 13.8. The number of aryl methyl sites for hydroxylation is 1. The van der Waals surface area contributed by atoms with Gasteiger partial charge in [0.2, 0.25) is 0 Å². The summed E-state index contributed by atoms with van der Waals surface area (Å²) in [5, 5.41) is 17.2. The van der Waals surface area contributed by atoms with E-state index in [-0.39, 0.29) is 6.04 Å². The van der Waals surface area contributed by atoms with Crippen molar-refractivity contribution in [1.82, 2.24) is 10.5 Å². The number of hydrogen-bond acceptors (Lipinski definition) is 4. The molecule has 1 aromatic heterocycles. The van der Waals surface area contributed by atoms with E-state index in [4.69, 9.17) is 4.52 Å². The molecule has 0 saturated carbocycles. The fourth-order valence-corrected chi connectivity index (χ4v) is 2.38. The highest BCUT2D eigenvalue weighted by atomic mass is 79.9. The van der Waals surface area contributed by atoms with Gasteiger partial charge in [0.05, 0.1) is 12.2 Å². The molecule has 0 spiro atoms. The minimum atomic E-state index is 0.0721. The molecule has 1 atom stereocenters. The Morgan fingerprint density at radius 3 is 2.84 bits per heavy atom. The first kappa shape index (κ1) is 14.1. The Hall–Kier alpha value is -1.33. The van der Waals surface area contributed by atoms with Gasteiger partial charge in [0.25, 0.3) is 0 Å². The van der Waals surface area contributed by atoms with Crippen molar-refractivity contribution >= 4 is 15.9 Å². The van der Waals surface area contributed by atoms with Gasteiger partial charge in [-0.25, -0.2) is 0 Å². The summed E-state index contributed by atoms with van der Waals surface area (Å²) < 4.78 is 6.12. The maximum absolute atomic E-state index is 9.94. The Morgan fingerprint density at radius 1 is 1.42 bits per heavy atom. The molecule has 2 N–H and O–H groups in total. The van der Waals surface area contributed by atoms with Crippen LogP contribution in [-0.2, 0) is 6.54 Å². The molecule has 0 fully saturated rings. The maximum atomic E-state index is 9.94. The third-order valence-corrected chi connectivity index (χ3v) is 3.47. The fourth-order valence-electron chi connectivity index (χ4n) is 2.00. The summed E-state index contributed by atoms with van der Waals surface area (Å²) in [7, 11) is 0. The molecule has 0 aliphatic heterocycles. The van der Waals surface area contributed by atoms with Crippen LogP contribution >= 0.6 is 15.9 Å². The molecule has 2 aromatic rings. The minimum absolute atomic E-state index is 0.0721. The third kappa shape index (κ3) is 3.58. The topological polar surface area (TPSA) is 58.3 Å². The second-order valence-electron chi connectivity index (χ2n) is 4.48. The molecule has 1 heterocycles. The number of hydrogen-bond donors (Lipinski definition) is 2. The molecule has 1 unspecified atom stereocenters. The molecule has 0 amide bonds. The average Bonchev–Trinajstić information content (AvgIpc) is 2.80. The number of phenols is 1. The molecule has 0 aliphatic rings. The zero-order valence-corrected chi connectivity index (χ0v) is 12.6. The lowest BCUT2D eigenvalue weighted by molar-refractivity contribution is 0.356. The number of aromatic hydroxyl groups is 1. The van der Waals surface area contributed by atoms with E-state index in [1.807, 2.05) is 25.1 Å². The predicted molar refractivity (Wildman–Crippen MR) is 76.9 cm³/mol. The van der Waals surface area contributed by atoms with Gasteiger partial charge in [-0.2, -0.15) is 0 Å². The standard InChI is InChI=1S/C14H17BrN2O2/c1-3-13(12-7-10(15)4-5-14(12)18)16-8-11-6-9(2)17-19-11/h4-7,13,16,18H,3,8H2,1-2H3. The van der Waals surface area contributed by atoms with Crippen LogP contribution in [0.1, 0.15) is 36.4 Å². The molecule has 0 saturated heterocycles. The quantitative estimate of drug-likeness (QED) is 0.880. The SMILES string of the molecule is CCC(NCc1cc(C)no1)c1cc(Br)ccc1O. The summed E-state index contributed by atoms with van der Waals surface area (Å²) >= 11 is 3.43. The van der Waals surface area contributed by atoms with Crippen molar-refractivity contribution < 1.29 is 9.63 Å². The average molecular weight is 325 g/mol. The number of aromatic nitrogens is 1. The first-order valence-electron chi connectivity index (χ1n) is 6.24. The van der Waals surface area contributed by atoms with Gasteiger partial charge < -0.3 is 14.9 Å². The number of halogens is 1. The van der Waals surface area contributed by atoms with E-state index in [1.165, 1.54) is 0 Å². The number of benzene rings is 1. The molecule has 4 nitrogen and oxygen atoms in total. The largest absolute Gasteiger partial charge is 0.508 e. The molecule has 0 aliphatic carbocycles. The highest BCUT2D eigenvalue weighted by Crippen LogP contribution is 2.29. The Labute approximate surface area is 120 Å². The summed E-state index contributed by atoms with van der Waals surface area (Å²) in [6.45, 7) is 4.55. The molecule has 1 aromatic carbocycles. The highest BCUT2D eigenvalue weighted by molar-refractivity contribution is 9.10. The van der Waals surface area contributed by atoms with Crippen molar-refractivity contribution in [2.75, 3.05) is 0 Å². The summed E-state index contributed by atoms with van der Waals surface area (Å²) in [4.78, 5) is 0. The van der Waals surface area contributed by atoms with Crippen molar-refractivity contribution in [2.45, 2.75) is 32.9 Å². The van der Waals surface area contributed by atoms with Gasteiger partial charge in [-0.3, -0.25) is 0 Å². The van der Waals surface area contributed by atoms with E-state index in [9.17, 15) is 5.11 Å². The normalized spacial score (nSPS) is 12.6. The van der Waals surface area contributed by atoms with E-state index in [0.717, 1.165) is 27.9 Å². The Morgan fingerprint density at radius 2 is 2.21 bits per heavy atom. The molecular weight excluding hydrogens is 308 g/mol. The van der Waals surface area contributed by atoms with Crippen molar-refractivity contribution in [3.8, 4) is 5.75 Å². The van der Waals surface area contributed by atoms with Gasteiger partial charge >= 0.3 is 0 Å².